The Morgan fingerprint density at radius 2 is 1.63 bits per heavy atom. The molecule has 0 spiro atoms. The third-order valence-corrected chi connectivity index (χ3v) is 4.72. The van der Waals surface area contributed by atoms with Crippen LogP contribution in [0, 0.1) is 0 Å². The highest BCUT2D eigenvalue weighted by Crippen LogP contribution is 2.31. The smallest absolute Gasteiger partial charge is 0.261 e. The first kappa shape index (κ1) is 14.5. The molecule has 2 aromatic carbocycles. The van der Waals surface area contributed by atoms with Crippen molar-refractivity contribution in [3.8, 4) is 0 Å². The van der Waals surface area contributed by atoms with Crippen LogP contribution in [0.4, 0.5) is 5.69 Å². The van der Waals surface area contributed by atoms with Gasteiger partial charge in [0, 0.05) is 5.02 Å². The summed E-state index contributed by atoms with van der Waals surface area (Å²) in [5.74, 6) is 0. The molecule has 3 nitrogen and oxygen atoms in total. The number of nitrogens with one attached hydrogen (secondary N) is 1. The average molecular weight is 337 g/mol. The van der Waals surface area contributed by atoms with E-state index in [4.69, 9.17) is 34.8 Å². The minimum Gasteiger partial charge on any atom is -0.278 e. The van der Waals surface area contributed by atoms with Crippen molar-refractivity contribution >= 4 is 50.5 Å². The number of hydrogen-bond donors (Lipinski definition) is 1. The lowest BCUT2D eigenvalue weighted by Crippen LogP contribution is -2.13. The molecule has 7 heteroatoms. The molecule has 0 bridgehead atoms. The zero-order chi connectivity index (χ0) is 14.0. The highest BCUT2D eigenvalue weighted by molar-refractivity contribution is 7.92. The lowest BCUT2D eigenvalue weighted by atomic mass is 10.3. The van der Waals surface area contributed by atoms with E-state index >= 15 is 0 Å². The third kappa shape index (κ3) is 3.34. The highest BCUT2D eigenvalue weighted by Gasteiger charge is 2.16. The van der Waals surface area contributed by atoms with Crippen molar-refractivity contribution in [1.82, 2.24) is 0 Å². The number of hydrogen-bond acceptors (Lipinski definition) is 2. The molecule has 19 heavy (non-hydrogen) atoms. The molecule has 0 aliphatic rings. The maximum atomic E-state index is 12.1. The van der Waals surface area contributed by atoms with Gasteiger partial charge in [0.1, 0.15) is 0 Å². The third-order valence-electron chi connectivity index (χ3n) is 2.30. The molecule has 0 heterocycles. The quantitative estimate of drug-likeness (QED) is 0.900. The Labute approximate surface area is 126 Å². The van der Waals surface area contributed by atoms with Crippen LogP contribution in [0.1, 0.15) is 0 Å². The van der Waals surface area contributed by atoms with Crippen LogP contribution in [0.2, 0.25) is 15.1 Å². The maximum Gasteiger partial charge on any atom is 0.261 e. The van der Waals surface area contributed by atoms with E-state index in [0.717, 1.165) is 0 Å². The van der Waals surface area contributed by atoms with Crippen LogP contribution < -0.4 is 4.72 Å². The summed E-state index contributed by atoms with van der Waals surface area (Å²) in [4.78, 5) is 0.0519. The van der Waals surface area contributed by atoms with Gasteiger partial charge >= 0.3 is 0 Å². The van der Waals surface area contributed by atoms with Gasteiger partial charge in [-0.25, -0.2) is 8.42 Å². The number of benzene rings is 2. The predicted octanol–water partition coefficient (Wildman–Crippen LogP) is 4.45. The largest absolute Gasteiger partial charge is 0.278 e. The monoisotopic (exact) mass is 335 g/mol. The Kier molecular flexibility index (Phi) is 4.26. The van der Waals surface area contributed by atoms with Crippen LogP contribution in [0.15, 0.2) is 47.4 Å². The predicted molar refractivity (Wildman–Crippen MR) is 78.7 cm³/mol. The molecule has 1 N–H and O–H groups in total. The normalized spacial score (nSPS) is 11.3. The summed E-state index contributed by atoms with van der Waals surface area (Å²) in [6, 6.07) is 10.6. The molecule has 2 rings (SSSR count). The molecule has 0 unspecified atom stereocenters. The maximum absolute atomic E-state index is 12.1. The molecular weight excluding hydrogens is 329 g/mol. The second-order valence-electron chi connectivity index (χ2n) is 3.66. The molecule has 0 saturated heterocycles. The molecule has 0 aliphatic carbocycles. The fraction of sp³-hybridized carbons (Fsp3) is 0. The number of rotatable bonds is 3. The SMILES string of the molecule is O=S(=O)(Nc1cccc(Cl)c1Cl)c1cccc(Cl)c1. The Morgan fingerprint density at radius 1 is 0.947 bits per heavy atom. The van der Waals surface area contributed by atoms with E-state index in [-0.39, 0.29) is 20.6 Å². The Balaban J connectivity index is 2.39. The first-order valence-electron chi connectivity index (χ1n) is 5.12. The molecule has 0 fully saturated rings. The van der Waals surface area contributed by atoms with Crippen molar-refractivity contribution in [1.29, 1.82) is 0 Å². The molecular formula is C12H8Cl3NO2S. The van der Waals surface area contributed by atoms with Crippen LogP contribution in [0.25, 0.3) is 0 Å². The van der Waals surface area contributed by atoms with Gasteiger partial charge in [-0.05, 0) is 30.3 Å². The fourth-order valence-electron chi connectivity index (χ4n) is 1.42. The van der Waals surface area contributed by atoms with Crippen molar-refractivity contribution < 1.29 is 8.42 Å². The van der Waals surface area contributed by atoms with E-state index in [1.165, 1.54) is 18.2 Å². The molecule has 0 radical (unpaired) electrons. The van der Waals surface area contributed by atoms with E-state index in [1.807, 2.05) is 0 Å². The lowest BCUT2D eigenvalue weighted by molar-refractivity contribution is 0.601. The Morgan fingerprint density at radius 3 is 2.32 bits per heavy atom. The van der Waals surface area contributed by atoms with Crippen LogP contribution in [0.3, 0.4) is 0 Å². The summed E-state index contributed by atoms with van der Waals surface area (Å²) in [6.07, 6.45) is 0. The molecule has 0 saturated carbocycles. The van der Waals surface area contributed by atoms with Crippen LogP contribution in [0.5, 0.6) is 0 Å². The summed E-state index contributed by atoms with van der Waals surface area (Å²) in [5.41, 5.74) is 0.217. The zero-order valence-corrected chi connectivity index (χ0v) is 12.5. The van der Waals surface area contributed by atoms with E-state index in [2.05, 4.69) is 4.72 Å². The topological polar surface area (TPSA) is 46.2 Å². The molecule has 0 aliphatic heterocycles. The molecule has 100 valence electrons. The average Bonchev–Trinajstić information content (AvgIpc) is 2.35. The number of anilines is 1. The number of halogens is 3. The van der Waals surface area contributed by atoms with Gasteiger partial charge in [0.25, 0.3) is 10.0 Å². The van der Waals surface area contributed by atoms with Gasteiger partial charge in [0.2, 0.25) is 0 Å². The molecule has 0 amide bonds. The summed E-state index contributed by atoms with van der Waals surface area (Å²) < 4.78 is 26.7. The number of sulfonamides is 1. The first-order chi connectivity index (χ1) is 8.90. The van der Waals surface area contributed by atoms with Gasteiger partial charge in [-0.1, -0.05) is 46.9 Å². The molecule has 0 atom stereocenters. The van der Waals surface area contributed by atoms with E-state index in [1.54, 1.807) is 24.3 Å². The van der Waals surface area contributed by atoms with Crippen LogP contribution in [-0.2, 0) is 10.0 Å². The van der Waals surface area contributed by atoms with Crippen molar-refractivity contribution in [3.63, 3.8) is 0 Å². The van der Waals surface area contributed by atoms with Crippen molar-refractivity contribution in [2.24, 2.45) is 0 Å². The lowest BCUT2D eigenvalue weighted by Gasteiger charge is -2.10. The molecule has 0 aromatic heterocycles. The van der Waals surface area contributed by atoms with E-state index < -0.39 is 10.0 Å². The van der Waals surface area contributed by atoms with Gasteiger partial charge < -0.3 is 0 Å². The van der Waals surface area contributed by atoms with Gasteiger partial charge in [-0.3, -0.25) is 4.72 Å². The summed E-state index contributed by atoms with van der Waals surface area (Å²) in [7, 11) is -3.75. The fourth-order valence-corrected chi connectivity index (χ4v) is 3.20. The van der Waals surface area contributed by atoms with E-state index in [9.17, 15) is 8.42 Å². The standard InChI is InChI=1S/C12H8Cl3NO2S/c13-8-3-1-4-9(7-8)19(17,18)16-11-6-2-5-10(14)12(11)15/h1-7,16H. The van der Waals surface area contributed by atoms with Crippen molar-refractivity contribution in [3.05, 3.63) is 57.5 Å². The minimum absolute atomic E-state index is 0.0519. The van der Waals surface area contributed by atoms with Crippen molar-refractivity contribution in [2.75, 3.05) is 4.72 Å². The summed E-state index contributed by atoms with van der Waals surface area (Å²) in [5, 5.41) is 0.753. The highest BCUT2D eigenvalue weighted by atomic mass is 35.5. The Bertz CT molecular complexity index is 717. The van der Waals surface area contributed by atoms with Gasteiger partial charge in [0.05, 0.1) is 20.6 Å². The molecule has 2 aromatic rings. The second kappa shape index (κ2) is 5.59. The van der Waals surface area contributed by atoms with Gasteiger partial charge in [0.15, 0.2) is 0 Å². The Hall–Kier alpha value is -0.940. The zero-order valence-electron chi connectivity index (χ0n) is 9.40. The summed E-state index contributed by atoms with van der Waals surface area (Å²) >= 11 is 17.5. The van der Waals surface area contributed by atoms with Gasteiger partial charge in [-0.2, -0.15) is 0 Å². The van der Waals surface area contributed by atoms with E-state index in [0.29, 0.717) is 5.02 Å². The van der Waals surface area contributed by atoms with Crippen LogP contribution in [-0.4, -0.2) is 8.42 Å². The summed E-state index contributed by atoms with van der Waals surface area (Å²) in [6.45, 7) is 0. The minimum atomic E-state index is -3.75. The van der Waals surface area contributed by atoms with Gasteiger partial charge in [-0.15, -0.1) is 0 Å². The van der Waals surface area contributed by atoms with Crippen LogP contribution >= 0.6 is 34.8 Å². The second-order valence-corrected chi connectivity index (χ2v) is 6.57. The first-order valence-corrected chi connectivity index (χ1v) is 7.74. The van der Waals surface area contributed by atoms with Crippen molar-refractivity contribution in [2.45, 2.75) is 4.90 Å².